The third-order valence-corrected chi connectivity index (χ3v) is 3.07. The summed E-state index contributed by atoms with van der Waals surface area (Å²) < 4.78 is 11.6. The van der Waals surface area contributed by atoms with E-state index in [9.17, 15) is 4.79 Å². The molecule has 1 fully saturated rings. The van der Waals surface area contributed by atoms with Crippen LogP contribution in [0.1, 0.15) is 31.3 Å². The molecule has 0 aromatic carbocycles. The topological polar surface area (TPSA) is 42.7 Å². The molecular formula is C12H16BrNO3. The van der Waals surface area contributed by atoms with Gasteiger partial charge in [-0.3, -0.25) is 4.79 Å². The number of furan rings is 1. The van der Waals surface area contributed by atoms with Crippen LogP contribution < -0.4 is 0 Å². The molecule has 0 spiro atoms. The Labute approximate surface area is 109 Å². The van der Waals surface area contributed by atoms with Crippen LogP contribution >= 0.6 is 15.9 Å². The summed E-state index contributed by atoms with van der Waals surface area (Å²) in [6.45, 7) is 7.12. The van der Waals surface area contributed by atoms with Gasteiger partial charge >= 0.3 is 0 Å². The third-order valence-electron chi connectivity index (χ3n) is 2.64. The van der Waals surface area contributed by atoms with E-state index >= 15 is 0 Å². The fraction of sp³-hybridized carbons (Fsp3) is 0.583. The maximum Gasteiger partial charge on any atom is 0.289 e. The van der Waals surface area contributed by atoms with E-state index < -0.39 is 0 Å². The van der Waals surface area contributed by atoms with Gasteiger partial charge in [0.25, 0.3) is 5.91 Å². The van der Waals surface area contributed by atoms with E-state index in [4.69, 9.17) is 9.15 Å². The molecule has 2 rings (SSSR count). The van der Waals surface area contributed by atoms with Crippen LogP contribution in [0, 0.1) is 0 Å². The van der Waals surface area contributed by atoms with Gasteiger partial charge in [-0.15, -0.1) is 0 Å². The maximum atomic E-state index is 12.2. The molecule has 0 radical (unpaired) electrons. The molecule has 94 valence electrons. The molecule has 5 heteroatoms. The van der Waals surface area contributed by atoms with Gasteiger partial charge in [0, 0.05) is 13.1 Å². The number of carbonyl (C=O) groups is 1. The lowest BCUT2D eigenvalue weighted by molar-refractivity contribution is -0.119. The molecule has 2 heterocycles. The summed E-state index contributed by atoms with van der Waals surface area (Å²) in [5.41, 5.74) is -0.308. The van der Waals surface area contributed by atoms with Gasteiger partial charge in [-0.05, 0) is 48.8 Å². The molecule has 0 N–H and O–H groups in total. The molecule has 17 heavy (non-hydrogen) atoms. The van der Waals surface area contributed by atoms with Crippen LogP contribution in [0.4, 0.5) is 0 Å². The summed E-state index contributed by atoms with van der Waals surface area (Å²) in [4.78, 5) is 14.0. The standard InChI is InChI=1S/C12H16BrNO3/c1-8-6-14(7-12(2,3)17-8)11(15)9-4-5-10(13)16-9/h4-5,8H,6-7H2,1-3H3. The van der Waals surface area contributed by atoms with Crippen molar-refractivity contribution in [3.63, 3.8) is 0 Å². The molecule has 1 aliphatic heterocycles. The first kappa shape index (κ1) is 12.6. The minimum absolute atomic E-state index is 0.0427. The quantitative estimate of drug-likeness (QED) is 0.801. The van der Waals surface area contributed by atoms with E-state index in [-0.39, 0.29) is 17.6 Å². The van der Waals surface area contributed by atoms with Crippen LogP contribution in [-0.2, 0) is 4.74 Å². The van der Waals surface area contributed by atoms with Crippen molar-refractivity contribution < 1.29 is 13.9 Å². The highest BCUT2D eigenvalue weighted by Crippen LogP contribution is 2.23. The SMILES string of the molecule is CC1CN(C(=O)c2ccc(Br)o2)CC(C)(C)O1. The lowest BCUT2D eigenvalue weighted by atomic mass is 10.1. The first-order valence-electron chi connectivity index (χ1n) is 5.60. The van der Waals surface area contributed by atoms with Crippen molar-refractivity contribution in [2.24, 2.45) is 0 Å². The van der Waals surface area contributed by atoms with Crippen molar-refractivity contribution in [2.45, 2.75) is 32.5 Å². The van der Waals surface area contributed by atoms with Crippen LogP contribution in [-0.4, -0.2) is 35.6 Å². The molecule has 1 aliphatic rings. The molecule has 1 amide bonds. The molecule has 0 bridgehead atoms. The average molecular weight is 302 g/mol. The zero-order chi connectivity index (χ0) is 12.6. The van der Waals surface area contributed by atoms with Crippen molar-refractivity contribution >= 4 is 21.8 Å². The summed E-state index contributed by atoms with van der Waals surface area (Å²) in [5.74, 6) is 0.278. The number of halogens is 1. The fourth-order valence-corrected chi connectivity index (χ4v) is 2.50. The Bertz CT molecular complexity index is 427. The number of amides is 1. The second kappa shape index (κ2) is 4.46. The molecule has 0 aliphatic carbocycles. The average Bonchev–Trinajstić information content (AvgIpc) is 2.60. The van der Waals surface area contributed by atoms with Gasteiger partial charge in [-0.25, -0.2) is 0 Å². The fourth-order valence-electron chi connectivity index (χ4n) is 2.19. The van der Waals surface area contributed by atoms with Gasteiger partial charge < -0.3 is 14.1 Å². The first-order valence-corrected chi connectivity index (χ1v) is 6.39. The number of morpholine rings is 1. The lowest BCUT2D eigenvalue weighted by Crippen LogP contribution is -2.53. The highest BCUT2D eigenvalue weighted by molar-refractivity contribution is 9.10. The van der Waals surface area contributed by atoms with E-state index in [1.54, 1.807) is 17.0 Å². The highest BCUT2D eigenvalue weighted by atomic mass is 79.9. The zero-order valence-electron chi connectivity index (χ0n) is 10.2. The second-order valence-electron chi connectivity index (χ2n) is 4.98. The summed E-state index contributed by atoms with van der Waals surface area (Å²) in [5, 5.41) is 0. The van der Waals surface area contributed by atoms with Gasteiger partial charge in [-0.2, -0.15) is 0 Å². The van der Waals surface area contributed by atoms with Gasteiger partial charge in [0.2, 0.25) is 0 Å². The monoisotopic (exact) mass is 301 g/mol. The van der Waals surface area contributed by atoms with Gasteiger partial charge in [0.05, 0.1) is 11.7 Å². The van der Waals surface area contributed by atoms with Crippen LogP contribution in [0.2, 0.25) is 0 Å². The van der Waals surface area contributed by atoms with Crippen molar-refractivity contribution in [1.29, 1.82) is 0 Å². The highest BCUT2D eigenvalue weighted by Gasteiger charge is 2.34. The Hall–Kier alpha value is -0.810. The predicted octanol–water partition coefficient (Wildman–Crippen LogP) is 2.68. The minimum Gasteiger partial charge on any atom is -0.444 e. The Balaban J connectivity index is 2.14. The van der Waals surface area contributed by atoms with Crippen LogP contribution in [0.15, 0.2) is 21.2 Å². The molecule has 1 aromatic heterocycles. The van der Waals surface area contributed by atoms with E-state index in [2.05, 4.69) is 15.9 Å². The molecule has 1 aromatic rings. The summed E-state index contributed by atoms with van der Waals surface area (Å²) in [6, 6.07) is 3.40. The first-order chi connectivity index (χ1) is 7.87. The Morgan fingerprint density at radius 3 is 2.76 bits per heavy atom. The second-order valence-corrected chi connectivity index (χ2v) is 5.76. The largest absolute Gasteiger partial charge is 0.444 e. The number of nitrogens with zero attached hydrogens (tertiary/aromatic N) is 1. The summed E-state index contributed by atoms with van der Waals surface area (Å²) in [6.07, 6.45) is 0.0427. The van der Waals surface area contributed by atoms with Crippen molar-refractivity contribution in [1.82, 2.24) is 4.90 Å². The van der Waals surface area contributed by atoms with Gasteiger partial charge in [0.15, 0.2) is 10.4 Å². The molecule has 4 nitrogen and oxygen atoms in total. The number of hydrogen-bond donors (Lipinski definition) is 0. The molecule has 1 atom stereocenters. The number of rotatable bonds is 1. The predicted molar refractivity (Wildman–Crippen MR) is 66.9 cm³/mol. The number of hydrogen-bond acceptors (Lipinski definition) is 3. The van der Waals surface area contributed by atoms with Crippen molar-refractivity contribution in [3.8, 4) is 0 Å². The maximum absolute atomic E-state index is 12.2. The third kappa shape index (κ3) is 2.90. The zero-order valence-corrected chi connectivity index (χ0v) is 11.8. The van der Waals surface area contributed by atoms with Crippen molar-refractivity contribution in [3.05, 3.63) is 22.6 Å². The summed E-state index contributed by atoms with van der Waals surface area (Å²) in [7, 11) is 0. The van der Waals surface area contributed by atoms with E-state index in [0.29, 0.717) is 23.5 Å². The Morgan fingerprint density at radius 1 is 1.53 bits per heavy atom. The Morgan fingerprint density at radius 2 is 2.24 bits per heavy atom. The van der Waals surface area contributed by atoms with E-state index in [1.807, 2.05) is 20.8 Å². The molecule has 1 unspecified atom stereocenters. The number of ether oxygens (including phenoxy) is 1. The van der Waals surface area contributed by atoms with E-state index in [0.717, 1.165) is 0 Å². The van der Waals surface area contributed by atoms with Crippen molar-refractivity contribution in [2.75, 3.05) is 13.1 Å². The lowest BCUT2D eigenvalue weighted by Gasteiger charge is -2.41. The normalized spacial score (nSPS) is 23.8. The van der Waals surface area contributed by atoms with Crippen LogP contribution in [0.5, 0.6) is 0 Å². The number of carbonyl (C=O) groups excluding carboxylic acids is 1. The van der Waals surface area contributed by atoms with Crippen LogP contribution in [0.25, 0.3) is 0 Å². The minimum atomic E-state index is -0.308. The van der Waals surface area contributed by atoms with Crippen LogP contribution in [0.3, 0.4) is 0 Å². The smallest absolute Gasteiger partial charge is 0.289 e. The molecular weight excluding hydrogens is 286 g/mol. The Kier molecular flexibility index (Phi) is 3.32. The molecule has 1 saturated heterocycles. The van der Waals surface area contributed by atoms with Gasteiger partial charge in [-0.1, -0.05) is 0 Å². The van der Waals surface area contributed by atoms with Gasteiger partial charge in [0.1, 0.15) is 0 Å². The molecule has 0 saturated carbocycles. The summed E-state index contributed by atoms with van der Waals surface area (Å²) >= 11 is 3.20. The van der Waals surface area contributed by atoms with E-state index in [1.165, 1.54) is 0 Å².